The van der Waals surface area contributed by atoms with E-state index in [1.165, 1.54) is 0 Å². The average molecular weight is 512 g/mol. The number of amides is 1. The predicted molar refractivity (Wildman–Crippen MR) is 131 cm³/mol. The van der Waals surface area contributed by atoms with E-state index in [4.69, 9.17) is 9.47 Å². The number of nitrogens with zero attached hydrogens (tertiary/aromatic N) is 5. The number of methoxy groups -OCH3 is 1. The van der Waals surface area contributed by atoms with E-state index < -0.39 is 0 Å². The van der Waals surface area contributed by atoms with Crippen molar-refractivity contribution >= 4 is 44.4 Å². The summed E-state index contributed by atoms with van der Waals surface area (Å²) in [5.74, 6) is 0.583. The predicted octanol–water partition coefficient (Wildman–Crippen LogP) is 3.86. The molecule has 0 N–H and O–H groups in total. The molecule has 0 aliphatic carbocycles. The van der Waals surface area contributed by atoms with Crippen LogP contribution >= 0.6 is 15.9 Å². The lowest BCUT2D eigenvalue weighted by Crippen LogP contribution is -2.59. The van der Waals surface area contributed by atoms with Gasteiger partial charge in [0.2, 0.25) is 5.88 Å². The van der Waals surface area contributed by atoms with Gasteiger partial charge in [0.05, 0.1) is 24.9 Å². The zero-order valence-electron chi connectivity index (χ0n) is 18.9. The molecule has 5 rings (SSSR count). The van der Waals surface area contributed by atoms with Gasteiger partial charge in [-0.25, -0.2) is 9.78 Å². The van der Waals surface area contributed by atoms with Crippen molar-refractivity contribution in [1.82, 2.24) is 14.9 Å². The molecule has 0 bridgehead atoms. The number of pyridine rings is 2. The lowest BCUT2D eigenvalue weighted by Gasteiger charge is -2.45. The molecule has 2 aliphatic rings. The zero-order chi connectivity index (χ0) is 23.1. The largest absolute Gasteiger partial charge is 0.481 e. The molecular weight excluding hydrogens is 486 g/mol. The Balaban J connectivity index is 1.21. The van der Waals surface area contributed by atoms with Crippen LogP contribution in [0.25, 0.3) is 11.0 Å². The van der Waals surface area contributed by atoms with Gasteiger partial charge in [0.1, 0.15) is 11.6 Å². The maximum Gasteiger partial charge on any atom is 0.414 e. The second-order valence-corrected chi connectivity index (χ2v) is 9.45. The number of benzene rings is 1. The minimum Gasteiger partial charge on any atom is -0.481 e. The van der Waals surface area contributed by atoms with E-state index in [1.807, 2.05) is 49.5 Å². The molecule has 3 aromatic rings. The lowest BCUT2D eigenvalue weighted by molar-refractivity contribution is 0.0957. The highest BCUT2D eigenvalue weighted by Crippen LogP contribution is 2.31. The molecule has 2 aromatic heterocycles. The first kappa shape index (κ1) is 21.9. The fourth-order valence-corrected chi connectivity index (χ4v) is 4.63. The first-order valence-corrected chi connectivity index (χ1v) is 11.7. The summed E-state index contributed by atoms with van der Waals surface area (Å²) in [6, 6.07) is 12.0. The van der Waals surface area contributed by atoms with Gasteiger partial charge in [0.25, 0.3) is 0 Å². The Morgan fingerprint density at radius 3 is 2.79 bits per heavy atom. The van der Waals surface area contributed by atoms with Crippen molar-refractivity contribution in [3.8, 4) is 5.88 Å². The van der Waals surface area contributed by atoms with Crippen LogP contribution < -0.4 is 14.5 Å². The van der Waals surface area contributed by atoms with Crippen molar-refractivity contribution in [2.45, 2.75) is 19.1 Å². The van der Waals surface area contributed by atoms with Crippen LogP contribution in [0.4, 0.5) is 16.2 Å². The maximum atomic E-state index is 12.5. The van der Waals surface area contributed by atoms with Gasteiger partial charge in [-0.3, -0.25) is 14.8 Å². The van der Waals surface area contributed by atoms with Crippen LogP contribution in [0, 0.1) is 6.92 Å². The maximum absolute atomic E-state index is 12.5. The third-order valence-electron chi connectivity index (χ3n) is 6.39. The van der Waals surface area contributed by atoms with Gasteiger partial charge in [-0.15, -0.1) is 0 Å². The topological polar surface area (TPSA) is 71.0 Å². The van der Waals surface area contributed by atoms with Crippen molar-refractivity contribution in [3.63, 3.8) is 0 Å². The van der Waals surface area contributed by atoms with E-state index in [9.17, 15) is 4.79 Å². The molecule has 33 heavy (non-hydrogen) atoms. The van der Waals surface area contributed by atoms with Crippen molar-refractivity contribution in [1.29, 1.82) is 0 Å². The molecular formula is C24H26BrN5O3. The summed E-state index contributed by atoms with van der Waals surface area (Å²) >= 11 is 3.51. The number of anilines is 2. The van der Waals surface area contributed by atoms with Crippen LogP contribution in [0.5, 0.6) is 5.88 Å². The van der Waals surface area contributed by atoms with Gasteiger partial charge in [-0.2, -0.15) is 0 Å². The van der Waals surface area contributed by atoms with Gasteiger partial charge in [-0.05, 0) is 49.9 Å². The van der Waals surface area contributed by atoms with E-state index in [0.717, 1.165) is 45.5 Å². The Labute approximate surface area is 201 Å². The number of likely N-dealkylation sites (N-methyl/N-ethyl adjacent to an activating group) is 1. The minimum atomic E-state index is -0.284. The van der Waals surface area contributed by atoms with Gasteiger partial charge in [0.15, 0.2) is 0 Å². The number of halogens is 1. The van der Waals surface area contributed by atoms with Crippen LogP contribution in [0.15, 0.2) is 47.1 Å². The smallest absolute Gasteiger partial charge is 0.414 e. The van der Waals surface area contributed by atoms with E-state index >= 15 is 0 Å². The summed E-state index contributed by atoms with van der Waals surface area (Å²) < 4.78 is 12.0. The van der Waals surface area contributed by atoms with Crippen LogP contribution in [-0.4, -0.2) is 73.4 Å². The molecule has 0 saturated carbocycles. The summed E-state index contributed by atoms with van der Waals surface area (Å²) in [6.07, 6.45) is 1.38. The molecule has 1 atom stereocenters. The van der Waals surface area contributed by atoms with Crippen molar-refractivity contribution in [2.24, 2.45) is 0 Å². The average Bonchev–Trinajstić information content (AvgIpc) is 3.14. The number of aryl methyl sites for hydroxylation is 1. The molecule has 1 amide bonds. The van der Waals surface area contributed by atoms with E-state index in [0.29, 0.717) is 25.0 Å². The minimum absolute atomic E-state index is 0.159. The Kier molecular flexibility index (Phi) is 5.84. The van der Waals surface area contributed by atoms with Gasteiger partial charge in [0, 0.05) is 48.1 Å². The lowest BCUT2D eigenvalue weighted by atomic mass is 10.1. The molecule has 172 valence electrons. The standard InChI is InChI=1S/C24H26BrN5O3/c1-15-10-16(4-5-19(15)25)30-14-18(33-24(30)31)13-28(2)17-11-29(12-17)21-8-9-26-20-6-7-22(32-3)27-23(20)21/h4-10,17-18H,11-14H2,1-3H3. The number of carbonyl (C=O) groups is 1. The summed E-state index contributed by atoms with van der Waals surface area (Å²) in [4.78, 5) is 27.8. The first-order valence-electron chi connectivity index (χ1n) is 10.9. The van der Waals surface area contributed by atoms with E-state index in [-0.39, 0.29) is 12.2 Å². The molecule has 2 fully saturated rings. The number of aromatic nitrogens is 2. The summed E-state index contributed by atoms with van der Waals surface area (Å²) in [5, 5.41) is 0. The molecule has 8 nitrogen and oxygen atoms in total. The Bertz CT molecular complexity index is 1200. The highest BCUT2D eigenvalue weighted by Gasteiger charge is 2.37. The van der Waals surface area contributed by atoms with Gasteiger partial charge < -0.3 is 14.4 Å². The molecule has 9 heteroatoms. The van der Waals surface area contributed by atoms with Crippen LogP contribution in [0.2, 0.25) is 0 Å². The number of cyclic esters (lactones) is 1. The Morgan fingerprint density at radius 1 is 1.21 bits per heavy atom. The highest BCUT2D eigenvalue weighted by atomic mass is 79.9. The van der Waals surface area contributed by atoms with Crippen molar-refractivity contribution in [3.05, 3.63) is 52.6 Å². The zero-order valence-corrected chi connectivity index (χ0v) is 20.4. The Hall–Kier alpha value is -2.91. The molecule has 1 unspecified atom stereocenters. The quantitative estimate of drug-likeness (QED) is 0.497. The molecule has 2 aliphatic heterocycles. The summed E-state index contributed by atoms with van der Waals surface area (Å²) in [6.45, 7) is 5.02. The number of carbonyl (C=O) groups excluding carboxylic acids is 1. The van der Waals surface area contributed by atoms with Gasteiger partial charge >= 0.3 is 6.09 Å². The SMILES string of the molecule is COc1ccc2nccc(N3CC(N(C)CC4CN(c5ccc(Br)c(C)c5)C(=O)O4)C3)c2n1. The van der Waals surface area contributed by atoms with Crippen molar-refractivity contribution < 1.29 is 14.3 Å². The fourth-order valence-electron chi connectivity index (χ4n) is 4.39. The van der Waals surface area contributed by atoms with Gasteiger partial charge in [-0.1, -0.05) is 15.9 Å². The monoisotopic (exact) mass is 511 g/mol. The molecule has 0 radical (unpaired) electrons. The molecule has 1 aromatic carbocycles. The number of rotatable bonds is 6. The first-order chi connectivity index (χ1) is 15.9. The third-order valence-corrected chi connectivity index (χ3v) is 7.28. The summed E-state index contributed by atoms with van der Waals surface area (Å²) in [5.41, 5.74) is 4.72. The second-order valence-electron chi connectivity index (χ2n) is 8.60. The second kappa shape index (κ2) is 8.79. The number of hydrogen-bond donors (Lipinski definition) is 0. The molecule has 0 spiro atoms. The third kappa shape index (κ3) is 4.22. The number of hydrogen-bond acceptors (Lipinski definition) is 7. The molecule has 2 saturated heterocycles. The Morgan fingerprint density at radius 2 is 2.03 bits per heavy atom. The van der Waals surface area contributed by atoms with E-state index in [2.05, 4.69) is 42.7 Å². The number of fused-ring (bicyclic) bond motifs is 1. The number of ether oxygens (including phenoxy) is 2. The van der Waals surface area contributed by atoms with Crippen molar-refractivity contribution in [2.75, 3.05) is 50.1 Å². The van der Waals surface area contributed by atoms with Crippen LogP contribution in [-0.2, 0) is 4.74 Å². The summed E-state index contributed by atoms with van der Waals surface area (Å²) in [7, 11) is 3.71. The fraction of sp³-hybridized carbons (Fsp3) is 0.375. The highest BCUT2D eigenvalue weighted by molar-refractivity contribution is 9.10. The normalized spacial score (nSPS) is 18.7. The van der Waals surface area contributed by atoms with Crippen LogP contribution in [0.1, 0.15) is 5.56 Å². The van der Waals surface area contributed by atoms with Crippen LogP contribution in [0.3, 0.4) is 0 Å². The van der Waals surface area contributed by atoms with E-state index in [1.54, 1.807) is 12.0 Å². The molecule has 4 heterocycles.